The van der Waals surface area contributed by atoms with Crippen LogP contribution < -0.4 is 11.1 Å². The third-order valence-electron chi connectivity index (χ3n) is 2.99. The maximum absolute atomic E-state index is 12.1. The summed E-state index contributed by atoms with van der Waals surface area (Å²) in [4.78, 5) is 37.9. The zero-order valence-corrected chi connectivity index (χ0v) is 12.9. The van der Waals surface area contributed by atoms with Crippen molar-refractivity contribution in [3.8, 4) is 0 Å². The van der Waals surface area contributed by atoms with Gasteiger partial charge in [-0.25, -0.2) is 4.79 Å². The number of H-pyrrole nitrogens is 1. The van der Waals surface area contributed by atoms with Crippen LogP contribution in [0.25, 0.3) is 0 Å². The second-order valence-electron chi connectivity index (χ2n) is 5.18. The predicted molar refractivity (Wildman–Crippen MR) is 76.9 cm³/mol. The molecule has 1 aromatic rings. The lowest BCUT2D eigenvalue weighted by Gasteiger charge is -2.10. The molecule has 1 unspecified atom stereocenters. The molecule has 4 N–H and O–H groups in total. The molecule has 2 amide bonds. The molecule has 0 bridgehead atoms. The number of hydrogen-bond donors (Lipinski definition) is 3. The van der Waals surface area contributed by atoms with Crippen molar-refractivity contribution in [1.29, 1.82) is 0 Å². The van der Waals surface area contributed by atoms with Gasteiger partial charge in [0.25, 0.3) is 5.91 Å². The SMILES string of the molecule is Cc1[nH]c(C(=O)NC(C)C(N)=O)c(C)c1C(=O)OC(C)C. The Morgan fingerprint density at radius 2 is 1.76 bits per heavy atom. The first-order valence-corrected chi connectivity index (χ1v) is 6.65. The van der Waals surface area contributed by atoms with Gasteiger partial charge in [-0.1, -0.05) is 0 Å². The summed E-state index contributed by atoms with van der Waals surface area (Å²) in [5, 5.41) is 2.46. The van der Waals surface area contributed by atoms with Crippen molar-refractivity contribution in [2.24, 2.45) is 5.73 Å². The molecule has 0 saturated carbocycles. The summed E-state index contributed by atoms with van der Waals surface area (Å²) in [6, 6.07) is -0.799. The molecule has 0 saturated heterocycles. The zero-order chi connectivity index (χ0) is 16.3. The van der Waals surface area contributed by atoms with Gasteiger partial charge in [-0.15, -0.1) is 0 Å². The molecule has 7 nitrogen and oxygen atoms in total. The second-order valence-corrected chi connectivity index (χ2v) is 5.18. The van der Waals surface area contributed by atoms with Crippen LogP contribution in [0.4, 0.5) is 0 Å². The Kier molecular flexibility index (Phi) is 5.12. The van der Waals surface area contributed by atoms with E-state index in [1.165, 1.54) is 6.92 Å². The minimum Gasteiger partial charge on any atom is -0.459 e. The van der Waals surface area contributed by atoms with Crippen molar-refractivity contribution >= 4 is 17.8 Å². The van der Waals surface area contributed by atoms with Gasteiger partial charge in [0, 0.05) is 5.69 Å². The highest BCUT2D eigenvalue weighted by Gasteiger charge is 2.24. The highest BCUT2D eigenvalue weighted by molar-refractivity contribution is 6.01. The largest absolute Gasteiger partial charge is 0.459 e. The number of aromatic nitrogens is 1. The molecule has 0 spiro atoms. The maximum atomic E-state index is 12.1. The van der Waals surface area contributed by atoms with Crippen molar-refractivity contribution in [1.82, 2.24) is 10.3 Å². The van der Waals surface area contributed by atoms with Gasteiger partial charge in [0.1, 0.15) is 11.7 Å². The average Bonchev–Trinajstić information content (AvgIpc) is 2.63. The van der Waals surface area contributed by atoms with E-state index in [2.05, 4.69) is 10.3 Å². The third-order valence-corrected chi connectivity index (χ3v) is 2.99. The Morgan fingerprint density at radius 3 is 2.24 bits per heavy atom. The highest BCUT2D eigenvalue weighted by atomic mass is 16.5. The molecule has 1 aromatic heterocycles. The number of amides is 2. The zero-order valence-electron chi connectivity index (χ0n) is 12.9. The minimum absolute atomic E-state index is 0.219. The number of aryl methyl sites for hydroxylation is 1. The fourth-order valence-corrected chi connectivity index (χ4v) is 1.90. The molecule has 0 aliphatic rings. The van der Waals surface area contributed by atoms with Crippen molar-refractivity contribution in [2.45, 2.75) is 46.8 Å². The minimum atomic E-state index is -0.799. The van der Waals surface area contributed by atoms with E-state index >= 15 is 0 Å². The molecule has 7 heteroatoms. The molecule has 1 atom stereocenters. The number of esters is 1. The molecule has 116 valence electrons. The Morgan fingerprint density at radius 1 is 1.19 bits per heavy atom. The number of nitrogens with two attached hydrogens (primary N) is 1. The number of hydrogen-bond acceptors (Lipinski definition) is 4. The van der Waals surface area contributed by atoms with Crippen molar-refractivity contribution < 1.29 is 19.1 Å². The van der Waals surface area contributed by atoms with E-state index in [0.29, 0.717) is 16.8 Å². The van der Waals surface area contributed by atoms with E-state index in [1.807, 2.05) is 0 Å². The van der Waals surface area contributed by atoms with Crippen LogP contribution in [0.1, 0.15) is 52.9 Å². The first-order chi connectivity index (χ1) is 9.65. The summed E-state index contributed by atoms with van der Waals surface area (Å²) in [6.07, 6.45) is -0.252. The van der Waals surface area contributed by atoms with E-state index in [1.54, 1.807) is 27.7 Å². The maximum Gasteiger partial charge on any atom is 0.340 e. The van der Waals surface area contributed by atoms with Gasteiger partial charge >= 0.3 is 5.97 Å². The van der Waals surface area contributed by atoms with Gasteiger partial charge in [0.2, 0.25) is 5.91 Å². The fourth-order valence-electron chi connectivity index (χ4n) is 1.90. The van der Waals surface area contributed by atoms with E-state index in [0.717, 1.165) is 0 Å². The lowest BCUT2D eigenvalue weighted by Crippen LogP contribution is -2.42. The van der Waals surface area contributed by atoms with Gasteiger partial charge in [0.05, 0.1) is 11.7 Å². The Labute approximate surface area is 123 Å². The Hall–Kier alpha value is -2.31. The van der Waals surface area contributed by atoms with Crippen LogP contribution in [0.2, 0.25) is 0 Å². The normalized spacial score (nSPS) is 12.1. The lowest BCUT2D eigenvalue weighted by molar-refractivity contribution is -0.119. The average molecular weight is 295 g/mol. The summed E-state index contributed by atoms with van der Waals surface area (Å²) in [5.41, 5.74) is 6.67. The van der Waals surface area contributed by atoms with Crippen molar-refractivity contribution in [3.05, 3.63) is 22.5 Å². The van der Waals surface area contributed by atoms with Gasteiger partial charge in [-0.05, 0) is 40.2 Å². The summed E-state index contributed by atoms with van der Waals surface area (Å²) in [7, 11) is 0. The summed E-state index contributed by atoms with van der Waals surface area (Å²) in [5.74, 6) is -1.62. The molecule has 0 fully saturated rings. The first-order valence-electron chi connectivity index (χ1n) is 6.65. The molecule has 0 radical (unpaired) electrons. The molecule has 0 aliphatic heterocycles. The molecular formula is C14H21N3O4. The molecule has 21 heavy (non-hydrogen) atoms. The van der Waals surface area contributed by atoms with Gasteiger partial charge < -0.3 is 20.8 Å². The Bertz CT molecular complexity index is 575. The van der Waals surface area contributed by atoms with Gasteiger partial charge in [-0.2, -0.15) is 0 Å². The van der Waals surface area contributed by atoms with Crippen LogP contribution in [-0.4, -0.2) is 34.9 Å². The van der Waals surface area contributed by atoms with Gasteiger partial charge in [-0.3, -0.25) is 9.59 Å². The van der Waals surface area contributed by atoms with E-state index in [-0.39, 0.29) is 11.8 Å². The predicted octanol–water partition coefficient (Wildman–Crippen LogP) is 0.800. The number of rotatable bonds is 5. The first kappa shape index (κ1) is 16.7. The molecule has 0 aliphatic carbocycles. The van der Waals surface area contributed by atoms with Crippen LogP contribution in [0.5, 0.6) is 0 Å². The number of carbonyl (C=O) groups excluding carboxylic acids is 3. The summed E-state index contributed by atoms with van der Waals surface area (Å²) < 4.78 is 5.15. The molecule has 0 aromatic carbocycles. The van der Waals surface area contributed by atoms with E-state index in [4.69, 9.17) is 10.5 Å². The van der Waals surface area contributed by atoms with Crippen LogP contribution in [-0.2, 0) is 9.53 Å². The number of nitrogens with one attached hydrogen (secondary N) is 2. The molecular weight excluding hydrogens is 274 g/mol. The van der Waals surface area contributed by atoms with Crippen LogP contribution in [0, 0.1) is 13.8 Å². The quantitative estimate of drug-likeness (QED) is 0.697. The smallest absolute Gasteiger partial charge is 0.340 e. The number of carbonyl (C=O) groups is 3. The third kappa shape index (κ3) is 3.84. The molecule has 1 rings (SSSR count). The number of aromatic amines is 1. The standard InChI is InChI=1S/C14H21N3O4/c1-6(2)21-14(20)10-7(3)11(16-8(10)4)13(19)17-9(5)12(15)18/h6,9,16H,1-5H3,(H2,15,18)(H,17,19). The molecule has 1 heterocycles. The second kappa shape index (κ2) is 6.43. The Balaban J connectivity index is 3.04. The summed E-state index contributed by atoms with van der Waals surface area (Å²) in [6.45, 7) is 8.30. The highest BCUT2D eigenvalue weighted by Crippen LogP contribution is 2.19. The van der Waals surface area contributed by atoms with Crippen LogP contribution in [0.3, 0.4) is 0 Å². The van der Waals surface area contributed by atoms with Gasteiger partial charge in [0.15, 0.2) is 0 Å². The topological polar surface area (TPSA) is 114 Å². The summed E-state index contributed by atoms with van der Waals surface area (Å²) >= 11 is 0. The number of ether oxygens (including phenoxy) is 1. The van der Waals surface area contributed by atoms with Crippen molar-refractivity contribution in [2.75, 3.05) is 0 Å². The monoisotopic (exact) mass is 295 g/mol. The number of primary amides is 1. The van der Waals surface area contributed by atoms with Crippen molar-refractivity contribution in [3.63, 3.8) is 0 Å². The lowest BCUT2D eigenvalue weighted by atomic mass is 10.1. The van der Waals surface area contributed by atoms with Crippen LogP contribution >= 0.6 is 0 Å². The van der Waals surface area contributed by atoms with E-state index < -0.39 is 23.8 Å². The van der Waals surface area contributed by atoms with Crippen LogP contribution in [0.15, 0.2) is 0 Å². The fraction of sp³-hybridized carbons (Fsp3) is 0.500. The van der Waals surface area contributed by atoms with E-state index in [9.17, 15) is 14.4 Å².